The van der Waals surface area contributed by atoms with Crippen molar-refractivity contribution >= 4 is 52.3 Å². The predicted octanol–water partition coefficient (Wildman–Crippen LogP) is 1.05. The Hall–Kier alpha value is -4.95. The van der Waals surface area contributed by atoms with Crippen LogP contribution < -0.4 is 32.3 Å². The highest BCUT2D eigenvalue weighted by molar-refractivity contribution is 5.98. The van der Waals surface area contributed by atoms with Crippen LogP contribution in [0.5, 0.6) is 0 Å². The smallest absolute Gasteiger partial charge is 0.326 e. The van der Waals surface area contributed by atoms with Crippen LogP contribution in [-0.2, 0) is 40.0 Å². The van der Waals surface area contributed by atoms with Gasteiger partial charge in [0, 0.05) is 42.9 Å². The summed E-state index contributed by atoms with van der Waals surface area (Å²) in [6.45, 7) is 2.51. The third-order valence-corrected chi connectivity index (χ3v) is 8.45. The summed E-state index contributed by atoms with van der Waals surface area (Å²) in [5.41, 5.74) is 6.80. The van der Waals surface area contributed by atoms with Crippen molar-refractivity contribution in [3.8, 4) is 0 Å². The minimum atomic E-state index is -1.46. The molecule has 1 saturated heterocycles. The van der Waals surface area contributed by atoms with Gasteiger partial charge in [-0.3, -0.25) is 28.8 Å². The number of carboxylic acid groups (broad SMARTS) is 1. The Balaban J connectivity index is 1.65. The van der Waals surface area contributed by atoms with E-state index in [0.29, 0.717) is 31.4 Å². The number of nitrogens with one attached hydrogen (secondary N) is 6. The summed E-state index contributed by atoms with van der Waals surface area (Å²) in [5.74, 6) is -4.87. The summed E-state index contributed by atoms with van der Waals surface area (Å²) in [4.78, 5) is 90.6. The van der Waals surface area contributed by atoms with Crippen molar-refractivity contribution in [1.29, 1.82) is 0 Å². The van der Waals surface area contributed by atoms with Crippen molar-refractivity contribution in [1.82, 2.24) is 31.6 Å². The maximum absolute atomic E-state index is 13.6. The molecule has 6 amide bonds. The molecular weight excluding hydrogens is 634 g/mol. The minimum Gasteiger partial charge on any atom is -0.480 e. The Kier molecular flexibility index (Phi) is 15.5. The van der Waals surface area contributed by atoms with Gasteiger partial charge in [0.25, 0.3) is 0 Å². The Morgan fingerprint density at radius 3 is 2.33 bits per heavy atom. The number of primary amides is 1. The number of hydrogen-bond acceptors (Lipinski definition) is 7. The second kappa shape index (κ2) is 19.8. The highest BCUT2D eigenvalue weighted by Crippen LogP contribution is 2.19. The van der Waals surface area contributed by atoms with Gasteiger partial charge in [-0.05, 0) is 43.7 Å². The Morgan fingerprint density at radius 1 is 0.918 bits per heavy atom. The van der Waals surface area contributed by atoms with Gasteiger partial charge in [0.15, 0.2) is 0 Å². The van der Waals surface area contributed by atoms with E-state index < -0.39 is 60.2 Å². The highest BCUT2D eigenvalue weighted by Gasteiger charge is 2.34. The van der Waals surface area contributed by atoms with Gasteiger partial charge in [-0.25, -0.2) is 4.79 Å². The van der Waals surface area contributed by atoms with Gasteiger partial charge in [0.2, 0.25) is 35.4 Å². The summed E-state index contributed by atoms with van der Waals surface area (Å²) in [6, 6.07) is 2.38. The lowest BCUT2D eigenvalue weighted by molar-refractivity contribution is -0.142. The molecule has 0 radical (unpaired) electrons. The van der Waals surface area contributed by atoms with Gasteiger partial charge in [-0.15, -0.1) is 0 Å². The molecule has 49 heavy (non-hydrogen) atoms. The Labute approximate surface area is 285 Å². The number of benzene rings is 1. The van der Waals surface area contributed by atoms with E-state index in [9.17, 15) is 38.7 Å². The zero-order chi connectivity index (χ0) is 35.8. The number of unbranched alkanes of at least 4 members (excludes halogenated alkanes) is 5. The van der Waals surface area contributed by atoms with Gasteiger partial charge >= 0.3 is 5.97 Å². The number of rotatable bonds is 22. The van der Waals surface area contributed by atoms with Crippen LogP contribution >= 0.6 is 0 Å². The van der Waals surface area contributed by atoms with E-state index in [1.807, 2.05) is 24.3 Å². The highest BCUT2D eigenvalue weighted by atomic mass is 16.4. The topological polar surface area (TPSA) is 242 Å². The van der Waals surface area contributed by atoms with Crippen LogP contribution in [0.15, 0.2) is 30.5 Å². The predicted molar refractivity (Wildman–Crippen MR) is 181 cm³/mol. The van der Waals surface area contributed by atoms with E-state index in [1.165, 1.54) is 0 Å². The van der Waals surface area contributed by atoms with Gasteiger partial charge in [0.05, 0.1) is 6.42 Å². The number of carboxylic acids is 1. The van der Waals surface area contributed by atoms with E-state index in [2.05, 4.69) is 38.5 Å². The molecule has 9 N–H and O–H groups in total. The molecule has 0 aliphatic carbocycles. The number of fused-ring (bicyclic) bond motifs is 1. The number of aromatic nitrogens is 1. The number of aliphatic carboxylic acids is 1. The summed E-state index contributed by atoms with van der Waals surface area (Å²) in [7, 11) is 0. The normalized spacial score (nSPS) is 15.9. The average Bonchev–Trinajstić information content (AvgIpc) is 3.69. The monoisotopic (exact) mass is 683 g/mol. The first-order valence-electron chi connectivity index (χ1n) is 17.0. The summed E-state index contributed by atoms with van der Waals surface area (Å²) >= 11 is 0. The SMILES string of the molecule is CCCCCCCC(=O)NCCCCC(NC(=O)C(Cc1c[nH]c2ccccc12)NC(=O)C(CC(N)=O)NC(=O)C1CCC(=O)N1)C(=O)O. The third-order valence-electron chi connectivity index (χ3n) is 8.45. The molecule has 1 aliphatic heterocycles. The van der Waals surface area contributed by atoms with Crippen molar-refractivity contribution in [2.75, 3.05) is 6.54 Å². The maximum atomic E-state index is 13.6. The van der Waals surface area contributed by atoms with Crippen LogP contribution in [0.3, 0.4) is 0 Å². The van der Waals surface area contributed by atoms with Crippen LogP contribution in [0.1, 0.15) is 89.5 Å². The molecule has 4 atom stereocenters. The van der Waals surface area contributed by atoms with Crippen molar-refractivity contribution in [2.45, 2.75) is 115 Å². The fourth-order valence-corrected chi connectivity index (χ4v) is 5.70. The molecule has 268 valence electrons. The van der Waals surface area contributed by atoms with E-state index in [0.717, 1.165) is 43.0 Å². The molecule has 15 heteroatoms. The van der Waals surface area contributed by atoms with Gasteiger partial charge in [-0.1, -0.05) is 50.8 Å². The molecule has 2 aromatic rings. The molecule has 4 unspecified atom stereocenters. The van der Waals surface area contributed by atoms with Crippen LogP contribution in [0, 0.1) is 0 Å². The largest absolute Gasteiger partial charge is 0.480 e. The van der Waals surface area contributed by atoms with Crippen molar-refractivity contribution in [2.24, 2.45) is 5.73 Å². The summed E-state index contributed by atoms with van der Waals surface area (Å²) < 4.78 is 0. The molecule has 0 bridgehead atoms. The van der Waals surface area contributed by atoms with Crippen LogP contribution in [0.2, 0.25) is 0 Å². The number of amides is 6. The molecule has 0 spiro atoms. The number of H-pyrrole nitrogens is 1. The molecule has 2 heterocycles. The van der Waals surface area contributed by atoms with E-state index in [1.54, 1.807) is 6.20 Å². The number of aromatic amines is 1. The minimum absolute atomic E-state index is 0.0470. The molecular formula is C34H49N7O8. The maximum Gasteiger partial charge on any atom is 0.326 e. The van der Waals surface area contributed by atoms with Crippen LogP contribution in [0.25, 0.3) is 10.9 Å². The van der Waals surface area contributed by atoms with E-state index in [4.69, 9.17) is 5.73 Å². The zero-order valence-corrected chi connectivity index (χ0v) is 28.0. The second-order valence-electron chi connectivity index (χ2n) is 12.4. The van der Waals surface area contributed by atoms with Crippen LogP contribution in [-0.4, -0.2) is 82.2 Å². The third kappa shape index (κ3) is 12.9. The average molecular weight is 684 g/mol. The lowest BCUT2D eigenvalue weighted by Crippen LogP contribution is -2.58. The van der Waals surface area contributed by atoms with Crippen molar-refractivity contribution in [3.63, 3.8) is 0 Å². The van der Waals surface area contributed by atoms with Crippen LogP contribution in [0.4, 0.5) is 0 Å². The standard InChI is InChI=1S/C34H49N7O8/c1-2-3-4-5-6-14-29(43)36-17-10-9-13-25(34(48)49)39-32(46)26(18-21-20-37-23-12-8-7-11-22(21)23)40-33(47)27(19-28(35)42)41-31(45)24-15-16-30(44)38-24/h7-8,11-12,20,24-27,37H,2-6,9-10,13-19H2,1H3,(H2,35,42)(H,36,43)(H,38,44)(H,39,46)(H,40,47)(H,41,45)(H,48,49). The molecule has 1 fully saturated rings. The van der Waals surface area contributed by atoms with E-state index in [-0.39, 0.29) is 37.5 Å². The van der Waals surface area contributed by atoms with E-state index >= 15 is 0 Å². The van der Waals surface area contributed by atoms with Crippen molar-refractivity contribution < 1.29 is 38.7 Å². The quantitative estimate of drug-likeness (QED) is 0.0832. The second-order valence-corrected chi connectivity index (χ2v) is 12.4. The molecule has 1 aromatic carbocycles. The van der Waals surface area contributed by atoms with Gasteiger partial charge < -0.3 is 42.4 Å². The summed E-state index contributed by atoms with van der Waals surface area (Å²) in [6.07, 6.45) is 8.04. The number of carbonyl (C=O) groups excluding carboxylic acids is 6. The number of carbonyl (C=O) groups is 7. The molecule has 3 rings (SSSR count). The first-order valence-corrected chi connectivity index (χ1v) is 17.0. The first-order chi connectivity index (χ1) is 23.5. The first kappa shape index (κ1) is 38.5. The number of para-hydroxylation sites is 1. The van der Waals surface area contributed by atoms with Gasteiger partial charge in [0.1, 0.15) is 24.2 Å². The molecule has 1 aromatic heterocycles. The number of nitrogens with two attached hydrogens (primary N) is 1. The Morgan fingerprint density at radius 2 is 1.63 bits per heavy atom. The zero-order valence-electron chi connectivity index (χ0n) is 28.0. The van der Waals surface area contributed by atoms with Crippen molar-refractivity contribution in [3.05, 3.63) is 36.0 Å². The summed E-state index contributed by atoms with van der Waals surface area (Å²) in [5, 5.41) is 23.5. The lowest BCUT2D eigenvalue weighted by Gasteiger charge is -2.25. The molecule has 0 saturated carbocycles. The fraction of sp³-hybridized carbons (Fsp3) is 0.559. The number of hydrogen-bond donors (Lipinski definition) is 8. The molecule has 1 aliphatic rings. The lowest BCUT2D eigenvalue weighted by atomic mass is 10.0. The molecule has 15 nitrogen and oxygen atoms in total. The Bertz CT molecular complexity index is 1480. The fourth-order valence-electron chi connectivity index (χ4n) is 5.70. The van der Waals surface area contributed by atoms with Gasteiger partial charge in [-0.2, -0.15) is 0 Å².